The van der Waals surface area contributed by atoms with Crippen LogP contribution in [0.2, 0.25) is 0 Å². The minimum Gasteiger partial charge on any atom is -0.461 e. The number of thioether (sulfide) groups is 1. The van der Waals surface area contributed by atoms with Crippen molar-refractivity contribution >= 4 is 35.4 Å². The van der Waals surface area contributed by atoms with Crippen molar-refractivity contribution in [3.63, 3.8) is 0 Å². The zero-order valence-corrected chi connectivity index (χ0v) is 27.3. The summed E-state index contributed by atoms with van der Waals surface area (Å²) in [5, 5.41) is 14.8. The van der Waals surface area contributed by atoms with Crippen LogP contribution in [0.1, 0.15) is 76.6 Å². The fraction of sp³-hybridized carbons (Fsp3) is 0.636. The van der Waals surface area contributed by atoms with E-state index in [0.717, 1.165) is 10.5 Å². The Morgan fingerprint density at radius 3 is 2.57 bits per heavy atom. The number of Topliss-reactive ketones (excluding diaryl/α,β-unsaturated/α-hetero) is 1. The molecule has 8 N–H and O–H groups in total. The Balaban J connectivity index is 1.57. The number of aliphatic hydroxyl groups excluding tert-OH is 1. The number of rotatable bonds is 11. The molecule has 0 aliphatic heterocycles. The number of nitrogens with zero attached hydrogens (tertiary/aromatic N) is 1. The summed E-state index contributed by atoms with van der Waals surface area (Å²) in [6, 6.07) is 7.08. The van der Waals surface area contributed by atoms with Gasteiger partial charge >= 0.3 is 5.97 Å². The van der Waals surface area contributed by atoms with E-state index in [1.165, 1.54) is 11.8 Å². The van der Waals surface area contributed by atoms with Crippen molar-refractivity contribution in [3.8, 4) is 0 Å². The molecule has 2 fully saturated rings. The topological polar surface area (TPSA) is 183 Å². The molecule has 1 aromatic carbocycles. The smallest absolute Gasteiger partial charge is 0.316 e. The molecule has 1 amide bonds. The van der Waals surface area contributed by atoms with E-state index >= 15 is 0 Å². The Hall–Kier alpha value is -2.89. The van der Waals surface area contributed by atoms with Crippen molar-refractivity contribution in [2.45, 2.75) is 83.3 Å². The van der Waals surface area contributed by atoms with Crippen LogP contribution in [0.5, 0.6) is 0 Å². The molecule has 4 rings (SSSR count). The quantitative estimate of drug-likeness (QED) is 0.0614. The van der Waals surface area contributed by atoms with Crippen molar-refractivity contribution in [2.24, 2.45) is 50.3 Å². The summed E-state index contributed by atoms with van der Waals surface area (Å²) in [6.45, 7) is 9.57. The van der Waals surface area contributed by atoms with Gasteiger partial charge in [0.05, 0.1) is 11.9 Å². The third kappa shape index (κ3) is 6.55. The number of nitrogens with two attached hydrogens (primary N) is 3. The maximum absolute atomic E-state index is 13.7. The number of hydrogen-bond donors (Lipinski definition) is 5. The van der Waals surface area contributed by atoms with Gasteiger partial charge < -0.3 is 32.4 Å². The number of hydrogen-bond acceptors (Lipinski definition) is 8. The second-order valence-corrected chi connectivity index (χ2v) is 14.4. The van der Waals surface area contributed by atoms with E-state index < -0.39 is 34.4 Å². The molecular weight excluding hydrogens is 578 g/mol. The number of allylic oxidation sites excluding steroid dienone is 1. The predicted molar refractivity (Wildman–Crippen MR) is 173 cm³/mol. The molecule has 3 aliphatic carbocycles. The standard InChI is InChI=1S/C33H49N5O5S/c1-20-10-12-33-13-11-24(39)27(33)32(20,4)25(18-31(3,28(41)21(33)2)14-17-38-30(35)36)43-26(40)19-44-23-8-6-22(7-9-23)29(42)37-16-5-15-34/h6-10,21,25,27-28,41H,5,11-19,34H2,1-4H3,(H,37,42)(H4,35,36,38)/t21-,25+,27-,28-,31-,32-,33-/m0/s1. The highest BCUT2D eigenvalue weighted by Crippen LogP contribution is 2.66. The minimum atomic E-state index is -0.747. The summed E-state index contributed by atoms with van der Waals surface area (Å²) >= 11 is 1.33. The fourth-order valence-corrected chi connectivity index (χ4v) is 8.68. The highest BCUT2D eigenvalue weighted by molar-refractivity contribution is 8.00. The van der Waals surface area contributed by atoms with Crippen LogP contribution < -0.4 is 22.5 Å². The monoisotopic (exact) mass is 627 g/mol. The van der Waals surface area contributed by atoms with E-state index in [-0.39, 0.29) is 35.2 Å². The van der Waals surface area contributed by atoms with Crippen LogP contribution in [0.4, 0.5) is 0 Å². The number of esters is 1. The molecule has 2 saturated carbocycles. The van der Waals surface area contributed by atoms with Crippen LogP contribution in [-0.4, -0.2) is 66.3 Å². The minimum absolute atomic E-state index is 0.00935. The lowest BCUT2D eigenvalue weighted by molar-refractivity contribution is -0.183. The molecule has 3 aliphatic rings. The summed E-state index contributed by atoms with van der Waals surface area (Å²) in [5.74, 6) is -0.819. The first-order valence-electron chi connectivity index (χ1n) is 15.6. The largest absolute Gasteiger partial charge is 0.461 e. The number of benzene rings is 1. The maximum Gasteiger partial charge on any atom is 0.316 e. The zero-order valence-electron chi connectivity index (χ0n) is 26.4. The molecular formula is C33H49N5O5S. The average molecular weight is 628 g/mol. The molecule has 11 heteroatoms. The Labute approximate surface area is 265 Å². The normalized spacial score (nSPS) is 33.0. The Kier molecular flexibility index (Phi) is 10.5. The third-order valence-electron chi connectivity index (χ3n) is 10.8. The number of amides is 1. The molecule has 10 nitrogen and oxygen atoms in total. The van der Waals surface area contributed by atoms with Gasteiger partial charge in [0, 0.05) is 41.3 Å². The third-order valence-corrected chi connectivity index (χ3v) is 11.8. The van der Waals surface area contributed by atoms with Crippen LogP contribution in [0, 0.1) is 28.1 Å². The molecule has 44 heavy (non-hydrogen) atoms. The van der Waals surface area contributed by atoms with Crippen LogP contribution in [-0.2, 0) is 14.3 Å². The summed E-state index contributed by atoms with van der Waals surface area (Å²) in [6.07, 6.45) is 4.27. The van der Waals surface area contributed by atoms with E-state index in [1.54, 1.807) is 12.1 Å². The molecule has 0 saturated heterocycles. The summed E-state index contributed by atoms with van der Waals surface area (Å²) in [4.78, 5) is 44.5. The molecule has 242 valence electrons. The lowest BCUT2D eigenvalue weighted by Gasteiger charge is -2.59. The number of aliphatic imine (C=N–C) groups is 1. The lowest BCUT2D eigenvalue weighted by Crippen LogP contribution is -2.61. The van der Waals surface area contributed by atoms with Gasteiger partial charge in [-0.15, -0.1) is 11.8 Å². The van der Waals surface area contributed by atoms with Crippen molar-refractivity contribution in [1.29, 1.82) is 0 Å². The van der Waals surface area contributed by atoms with Gasteiger partial charge in [0.15, 0.2) is 5.96 Å². The molecule has 0 radical (unpaired) electrons. The van der Waals surface area contributed by atoms with Crippen LogP contribution in [0.15, 0.2) is 45.8 Å². The van der Waals surface area contributed by atoms with Crippen molar-refractivity contribution in [3.05, 3.63) is 41.5 Å². The van der Waals surface area contributed by atoms with Gasteiger partial charge in [-0.05, 0) is 86.6 Å². The van der Waals surface area contributed by atoms with Crippen LogP contribution in [0.25, 0.3) is 0 Å². The van der Waals surface area contributed by atoms with Gasteiger partial charge in [-0.2, -0.15) is 0 Å². The second kappa shape index (κ2) is 13.6. The zero-order chi connectivity index (χ0) is 32.3. The number of nitrogens with one attached hydrogen (secondary N) is 1. The fourth-order valence-electron chi connectivity index (χ4n) is 8.00. The summed E-state index contributed by atoms with van der Waals surface area (Å²) in [7, 11) is 0. The van der Waals surface area contributed by atoms with Crippen molar-refractivity contribution < 1.29 is 24.2 Å². The predicted octanol–water partition coefficient (Wildman–Crippen LogP) is 3.16. The highest BCUT2D eigenvalue weighted by Gasteiger charge is 2.67. The van der Waals surface area contributed by atoms with E-state index in [0.29, 0.717) is 63.7 Å². The molecule has 7 atom stereocenters. The van der Waals surface area contributed by atoms with Crippen molar-refractivity contribution in [1.82, 2.24) is 5.32 Å². The maximum atomic E-state index is 13.7. The lowest BCUT2D eigenvalue weighted by atomic mass is 9.46. The first-order valence-corrected chi connectivity index (χ1v) is 16.6. The Morgan fingerprint density at radius 1 is 1.20 bits per heavy atom. The van der Waals surface area contributed by atoms with Gasteiger partial charge in [0.1, 0.15) is 11.9 Å². The second-order valence-electron chi connectivity index (χ2n) is 13.3. The van der Waals surface area contributed by atoms with Gasteiger partial charge in [0.2, 0.25) is 0 Å². The highest BCUT2D eigenvalue weighted by atomic mass is 32.2. The number of ether oxygens (including phenoxy) is 1. The molecule has 2 bridgehead atoms. The SMILES string of the molecule is CC1=CC[C@@]23CCC(=O)[C@H]2[C@]1(C)[C@H](OC(=O)CSc1ccc(C(=O)NCCCN)cc1)C[C@](C)(CCN=C(N)N)[C@@H](O)[C@@H]3C. The Morgan fingerprint density at radius 2 is 1.91 bits per heavy atom. The number of aliphatic hydroxyl groups is 1. The first-order chi connectivity index (χ1) is 20.8. The van der Waals surface area contributed by atoms with E-state index in [4.69, 9.17) is 21.9 Å². The van der Waals surface area contributed by atoms with E-state index in [2.05, 4.69) is 30.2 Å². The van der Waals surface area contributed by atoms with Crippen LogP contribution in [0.3, 0.4) is 0 Å². The summed E-state index contributed by atoms with van der Waals surface area (Å²) in [5.41, 5.74) is 16.5. The van der Waals surface area contributed by atoms with Gasteiger partial charge in [0.25, 0.3) is 5.91 Å². The number of carbonyl (C=O) groups is 3. The van der Waals surface area contributed by atoms with Gasteiger partial charge in [-0.25, -0.2) is 0 Å². The summed E-state index contributed by atoms with van der Waals surface area (Å²) < 4.78 is 6.36. The van der Waals surface area contributed by atoms with Crippen LogP contribution >= 0.6 is 11.8 Å². The van der Waals surface area contributed by atoms with Gasteiger partial charge in [-0.1, -0.05) is 32.4 Å². The Bertz CT molecular complexity index is 1300. The number of ketones is 1. The molecule has 0 heterocycles. The number of carbonyl (C=O) groups excluding carboxylic acids is 3. The molecule has 1 aromatic rings. The van der Waals surface area contributed by atoms with E-state index in [9.17, 15) is 19.5 Å². The molecule has 0 unspecified atom stereocenters. The van der Waals surface area contributed by atoms with Crippen molar-refractivity contribution in [2.75, 3.05) is 25.4 Å². The molecule has 0 aromatic heterocycles. The average Bonchev–Trinajstić information content (AvgIpc) is 3.34. The van der Waals surface area contributed by atoms with E-state index in [1.807, 2.05) is 26.0 Å². The van der Waals surface area contributed by atoms with Gasteiger partial charge in [-0.3, -0.25) is 19.4 Å². The first kappa shape index (κ1) is 34.0. The number of guanidine groups is 1. The molecule has 0 spiro atoms.